The summed E-state index contributed by atoms with van der Waals surface area (Å²) >= 11 is 0. The first kappa shape index (κ1) is 14.6. The van der Waals surface area contributed by atoms with Crippen molar-refractivity contribution in [3.63, 3.8) is 0 Å². The Bertz CT molecular complexity index is 559. The first-order valence-corrected chi connectivity index (χ1v) is 6.20. The van der Waals surface area contributed by atoms with Gasteiger partial charge in [-0.15, -0.1) is 12.4 Å². The Labute approximate surface area is 123 Å². The summed E-state index contributed by atoms with van der Waals surface area (Å²) in [4.78, 5) is 8.65. The molecule has 0 spiro atoms. The van der Waals surface area contributed by atoms with Crippen molar-refractivity contribution in [3.05, 3.63) is 42.4 Å². The smallest absolute Gasteiger partial charge is 0.241 e. The fourth-order valence-electron chi connectivity index (χ4n) is 1.93. The highest BCUT2D eigenvalue weighted by atomic mass is 35.5. The van der Waals surface area contributed by atoms with Crippen LogP contribution in [-0.2, 0) is 0 Å². The van der Waals surface area contributed by atoms with Gasteiger partial charge in [0.05, 0.1) is 7.11 Å². The number of aromatic nitrogens is 2. The number of rotatable bonds is 4. The molecule has 1 aliphatic heterocycles. The molecule has 0 aliphatic carbocycles. The molecule has 1 N–H and O–H groups in total. The molecule has 0 atom stereocenters. The molecule has 2 heterocycles. The summed E-state index contributed by atoms with van der Waals surface area (Å²) in [5.74, 6) is 2.51. The van der Waals surface area contributed by atoms with Crippen molar-refractivity contribution in [1.82, 2.24) is 15.3 Å². The number of nitrogens with one attached hydrogen (secondary N) is 1. The number of ether oxygens (including phenoxy) is 2. The summed E-state index contributed by atoms with van der Waals surface area (Å²) in [6, 6.07) is 7.43. The molecular formula is C14H16ClN3O2. The zero-order valence-electron chi connectivity index (χ0n) is 11.1. The zero-order valence-corrected chi connectivity index (χ0v) is 11.9. The van der Waals surface area contributed by atoms with Crippen LogP contribution in [0.3, 0.4) is 0 Å². The van der Waals surface area contributed by atoms with E-state index < -0.39 is 0 Å². The third kappa shape index (κ3) is 3.00. The van der Waals surface area contributed by atoms with Crippen molar-refractivity contribution in [1.29, 1.82) is 0 Å². The van der Waals surface area contributed by atoms with Gasteiger partial charge in [0.1, 0.15) is 17.2 Å². The van der Waals surface area contributed by atoms with E-state index in [2.05, 4.69) is 15.3 Å². The molecule has 1 fully saturated rings. The topological polar surface area (TPSA) is 56.3 Å². The summed E-state index contributed by atoms with van der Waals surface area (Å²) in [5, 5.41) is 3.23. The highest BCUT2D eigenvalue weighted by Gasteiger charge is 2.24. The highest BCUT2D eigenvalue weighted by Crippen LogP contribution is 2.29. The van der Waals surface area contributed by atoms with Gasteiger partial charge in [-0.2, -0.15) is 0 Å². The lowest BCUT2D eigenvalue weighted by Gasteiger charge is -2.27. The van der Waals surface area contributed by atoms with Gasteiger partial charge in [0, 0.05) is 31.4 Å². The number of hydrogen-bond acceptors (Lipinski definition) is 5. The van der Waals surface area contributed by atoms with Crippen LogP contribution in [0.5, 0.6) is 17.4 Å². The van der Waals surface area contributed by atoms with Crippen molar-refractivity contribution in [2.24, 2.45) is 0 Å². The van der Waals surface area contributed by atoms with E-state index in [1.165, 1.54) is 0 Å². The molecular weight excluding hydrogens is 278 g/mol. The SMILES string of the molecule is COc1ccc(Oc2nccnc2C2CNC2)cc1.Cl. The monoisotopic (exact) mass is 293 g/mol. The molecule has 1 aromatic carbocycles. The molecule has 0 radical (unpaired) electrons. The Morgan fingerprint density at radius 3 is 2.30 bits per heavy atom. The average molecular weight is 294 g/mol. The quantitative estimate of drug-likeness (QED) is 0.938. The van der Waals surface area contributed by atoms with Crippen molar-refractivity contribution in [3.8, 4) is 17.4 Å². The Kier molecular flexibility index (Phi) is 4.76. The van der Waals surface area contributed by atoms with Crippen LogP contribution in [0.15, 0.2) is 36.7 Å². The van der Waals surface area contributed by atoms with Crippen LogP contribution in [0.1, 0.15) is 11.6 Å². The summed E-state index contributed by atoms with van der Waals surface area (Å²) in [6.07, 6.45) is 3.35. The van der Waals surface area contributed by atoms with Crippen LogP contribution in [0.25, 0.3) is 0 Å². The third-order valence-electron chi connectivity index (χ3n) is 3.13. The number of benzene rings is 1. The second kappa shape index (κ2) is 6.54. The van der Waals surface area contributed by atoms with Crippen LogP contribution in [0.2, 0.25) is 0 Å². The van der Waals surface area contributed by atoms with Crippen LogP contribution >= 0.6 is 12.4 Å². The van der Waals surface area contributed by atoms with E-state index in [1.807, 2.05) is 24.3 Å². The lowest BCUT2D eigenvalue weighted by molar-refractivity contribution is 0.396. The summed E-state index contributed by atoms with van der Waals surface area (Å²) in [6.45, 7) is 1.86. The first-order valence-electron chi connectivity index (χ1n) is 6.20. The molecule has 1 aliphatic rings. The predicted octanol–water partition coefficient (Wildman–Crippen LogP) is 2.39. The molecule has 6 heteroatoms. The largest absolute Gasteiger partial charge is 0.497 e. The minimum atomic E-state index is 0. The van der Waals surface area contributed by atoms with Crippen LogP contribution in [0, 0.1) is 0 Å². The van der Waals surface area contributed by atoms with E-state index in [1.54, 1.807) is 19.5 Å². The van der Waals surface area contributed by atoms with Crippen molar-refractivity contribution in [2.75, 3.05) is 20.2 Å². The average Bonchev–Trinajstić information content (AvgIpc) is 2.40. The molecule has 20 heavy (non-hydrogen) atoms. The molecule has 1 saturated heterocycles. The van der Waals surface area contributed by atoms with E-state index in [-0.39, 0.29) is 12.4 Å². The maximum atomic E-state index is 5.81. The number of hydrogen-bond donors (Lipinski definition) is 1. The minimum Gasteiger partial charge on any atom is -0.497 e. The van der Waals surface area contributed by atoms with Gasteiger partial charge < -0.3 is 14.8 Å². The van der Waals surface area contributed by atoms with Gasteiger partial charge in [-0.1, -0.05) is 0 Å². The van der Waals surface area contributed by atoms with Gasteiger partial charge in [-0.25, -0.2) is 4.98 Å². The van der Waals surface area contributed by atoms with Gasteiger partial charge in [-0.05, 0) is 24.3 Å². The molecule has 0 bridgehead atoms. The molecule has 0 unspecified atom stereocenters. The Morgan fingerprint density at radius 2 is 1.70 bits per heavy atom. The van der Waals surface area contributed by atoms with Crippen LogP contribution in [-0.4, -0.2) is 30.2 Å². The molecule has 0 saturated carbocycles. The molecule has 3 rings (SSSR count). The Hall–Kier alpha value is -1.85. The first-order chi connectivity index (χ1) is 9.36. The molecule has 1 aromatic heterocycles. The maximum absolute atomic E-state index is 5.81. The number of methoxy groups -OCH3 is 1. The lowest BCUT2D eigenvalue weighted by atomic mass is 9.99. The van der Waals surface area contributed by atoms with E-state index >= 15 is 0 Å². The number of halogens is 1. The summed E-state index contributed by atoms with van der Waals surface area (Å²) < 4.78 is 10.9. The lowest BCUT2D eigenvalue weighted by Crippen LogP contribution is -2.40. The fraction of sp³-hybridized carbons (Fsp3) is 0.286. The van der Waals surface area contributed by atoms with Crippen LogP contribution in [0.4, 0.5) is 0 Å². The van der Waals surface area contributed by atoms with Gasteiger partial charge in [0.2, 0.25) is 5.88 Å². The minimum absolute atomic E-state index is 0. The van der Waals surface area contributed by atoms with Crippen molar-refractivity contribution >= 4 is 12.4 Å². The van der Waals surface area contributed by atoms with E-state index in [0.717, 1.165) is 30.3 Å². The summed E-state index contributed by atoms with van der Waals surface area (Å²) in [5.41, 5.74) is 0.914. The molecule has 5 nitrogen and oxygen atoms in total. The third-order valence-corrected chi connectivity index (χ3v) is 3.13. The van der Waals surface area contributed by atoms with Crippen LogP contribution < -0.4 is 14.8 Å². The van der Waals surface area contributed by atoms with Crippen molar-refractivity contribution in [2.45, 2.75) is 5.92 Å². The van der Waals surface area contributed by atoms with E-state index in [0.29, 0.717) is 11.8 Å². The summed E-state index contributed by atoms with van der Waals surface area (Å²) in [7, 11) is 1.64. The fourth-order valence-corrected chi connectivity index (χ4v) is 1.93. The van der Waals surface area contributed by atoms with Gasteiger partial charge in [0.15, 0.2) is 0 Å². The second-order valence-electron chi connectivity index (χ2n) is 4.38. The van der Waals surface area contributed by atoms with Gasteiger partial charge in [-0.3, -0.25) is 4.98 Å². The Morgan fingerprint density at radius 1 is 1.05 bits per heavy atom. The van der Waals surface area contributed by atoms with E-state index in [4.69, 9.17) is 9.47 Å². The zero-order chi connectivity index (χ0) is 13.1. The molecule has 0 amide bonds. The molecule has 2 aromatic rings. The molecule has 106 valence electrons. The number of nitrogens with zero attached hydrogens (tertiary/aromatic N) is 2. The van der Waals surface area contributed by atoms with Gasteiger partial charge >= 0.3 is 0 Å². The second-order valence-corrected chi connectivity index (χ2v) is 4.38. The van der Waals surface area contributed by atoms with E-state index in [9.17, 15) is 0 Å². The highest BCUT2D eigenvalue weighted by molar-refractivity contribution is 5.85. The van der Waals surface area contributed by atoms with Crippen molar-refractivity contribution < 1.29 is 9.47 Å². The predicted molar refractivity (Wildman–Crippen MR) is 78.0 cm³/mol. The normalized spacial score (nSPS) is 14.1. The maximum Gasteiger partial charge on any atom is 0.241 e. The Balaban J connectivity index is 0.00000147. The standard InChI is InChI=1S/C14H15N3O2.ClH/c1-18-11-2-4-12(5-3-11)19-14-13(10-8-15-9-10)16-6-7-17-14;/h2-7,10,15H,8-9H2,1H3;1H. The van der Waals surface area contributed by atoms with Gasteiger partial charge in [0.25, 0.3) is 0 Å².